The zero-order chi connectivity index (χ0) is 74.7. The number of carboxylic acids is 1. The minimum Gasteiger partial charge on any atom is -0.870 e. The number of carbonyl (C=O) groups excluding carboxylic acids is 3. The molecule has 10 rings (SSSR count). The van der Waals surface area contributed by atoms with Crippen LogP contribution >= 0.6 is 27.0 Å². The quantitative estimate of drug-likeness (QED) is 0.0268. The molecule has 576 valence electrons. The molecular weight excluding hydrogens is 1440 g/mol. The van der Waals surface area contributed by atoms with Gasteiger partial charge in [0.25, 0.3) is 11.1 Å². The van der Waals surface area contributed by atoms with Crippen LogP contribution in [0.2, 0.25) is 0 Å². The molecule has 2 unspecified atom stereocenters. The summed E-state index contributed by atoms with van der Waals surface area (Å²) in [6, 6.07) is 6.14. The van der Waals surface area contributed by atoms with E-state index < -0.39 is 154 Å². The molecule has 2 saturated carbocycles. The van der Waals surface area contributed by atoms with Crippen molar-refractivity contribution in [3.05, 3.63) is 183 Å². The Morgan fingerprint density at radius 1 is 0.528 bits per heavy atom. The number of hydrogen-bond donors (Lipinski definition) is 1. The van der Waals surface area contributed by atoms with Gasteiger partial charge >= 0.3 is 43.2 Å². The molecule has 13 nitrogen and oxygen atoms in total. The van der Waals surface area contributed by atoms with Gasteiger partial charge in [0.1, 0.15) is 34.9 Å². The van der Waals surface area contributed by atoms with E-state index >= 15 is 17.6 Å². The number of Topliss-reactive ketones (excluding diaryl/α,β-unsaturated/α-hetero) is 2. The van der Waals surface area contributed by atoms with Gasteiger partial charge in [-0.3, -0.25) is 28.8 Å². The molecule has 4 fully saturated rings. The predicted octanol–water partition coefficient (Wildman–Crippen LogP) is 14.5. The molecule has 2 saturated heterocycles. The smallest absolute Gasteiger partial charge is 0.870 e. The molecule has 28 heteroatoms. The fraction of sp³-hybridized carbons (Fsp3) is 0.513. The van der Waals surface area contributed by atoms with Gasteiger partial charge in [0, 0.05) is 84.5 Å². The molecule has 4 aliphatic rings. The Bertz CT molecular complexity index is 4240. The zero-order valence-corrected chi connectivity index (χ0v) is 63.3. The number of pyridine rings is 2. The van der Waals surface area contributed by atoms with Crippen LogP contribution in [0, 0.1) is 74.4 Å². The van der Waals surface area contributed by atoms with Crippen molar-refractivity contribution in [3.63, 3.8) is 0 Å². The number of ether oxygens (including phenoxy) is 1. The van der Waals surface area contributed by atoms with Crippen molar-refractivity contribution >= 4 is 50.5 Å². The second kappa shape index (κ2) is 37.7. The maximum atomic E-state index is 16.9. The molecule has 2 aliphatic heterocycles. The van der Waals surface area contributed by atoms with E-state index in [0.717, 1.165) is 60.5 Å². The SMILES string of the molecule is CCOC(=O)C[C@H](CC(=O)C(CC(C)C)n1cc(CCN2CCC2)c(C(F)(F)F)cc1=O)c1c(F)c(-c2c(C)cc(F)cc2C)cc(C2CC2)c1F.Cc1cc(F)cc(C)c1-c1cc(C2CC2)c(F)c([C@H](CC(=O)O)CC(=O)C(CC(C)C)n2cc(CCN3CCC3)c(C(F)(F)F)cc2=O)c1F.S.S.[Li+].[OH-]. The number of aryl methyl sites for hydroxylation is 4. The molecule has 2 aromatic heterocycles. The molecule has 6 aromatic rings. The summed E-state index contributed by atoms with van der Waals surface area (Å²) in [4.78, 5) is 84.4. The second-order valence-electron chi connectivity index (χ2n) is 28.9. The van der Waals surface area contributed by atoms with Crippen molar-refractivity contribution in [1.29, 1.82) is 0 Å². The molecule has 0 amide bonds. The summed E-state index contributed by atoms with van der Waals surface area (Å²) in [5.74, 6) is -12.4. The van der Waals surface area contributed by atoms with Crippen LogP contribution < -0.4 is 30.0 Å². The third-order valence-electron chi connectivity index (χ3n) is 20.0. The van der Waals surface area contributed by atoms with Gasteiger partial charge in [-0.05, 0) is 241 Å². The van der Waals surface area contributed by atoms with Crippen molar-refractivity contribution in [3.8, 4) is 22.3 Å². The summed E-state index contributed by atoms with van der Waals surface area (Å²) in [6.07, 6.45) is -5.67. The van der Waals surface area contributed by atoms with Gasteiger partial charge in [0.2, 0.25) is 0 Å². The second-order valence-corrected chi connectivity index (χ2v) is 28.9. The van der Waals surface area contributed by atoms with E-state index in [2.05, 4.69) is 0 Å². The molecule has 4 aromatic carbocycles. The number of rotatable bonds is 29. The first kappa shape index (κ1) is 90.0. The summed E-state index contributed by atoms with van der Waals surface area (Å²) in [5.41, 5.74) is -2.93. The minimum atomic E-state index is -4.81. The molecule has 4 atom stereocenters. The van der Waals surface area contributed by atoms with Crippen LogP contribution in [0.3, 0.4) is 0 Å². The van der Waals surface area contributed by atoms with E-state index in [1.165, 1.54) is 36.4 Å². The first-order valence-electron chi connectivity index (χ1n) is 35.1. The van der Waals surface area contributed by atoms with Gasteiger partial charge in [-0.25, -0.2) is 26.3 Å². The molecule has 2 aliphatic carbocycles. The number of benzene rings is 4. The normalized spacial score (nSPS) is 15.7. The molecule has 106 heavy (non-hydrogen) atoms. The molecule has 0 spiro atoms. The van der Waals surface area contributed by atoms with Crippen molar-refractivity contribution in [2.45, 2.75) is 200 Å². The number of likely N-dealkylation sites (tertiary alicyclic amines) is 2. The van der Waals surface area contributed by atoms with Crippen molar-refractivity contribution in [2.24, 2.45) is 11.8 Å². The number of esters is 1. The number of alkyl halides is 6. The van der Waals surface area contributed by atoms with Crippen LogP contribution in [0.15, 0.2) is 70.5 Å². The van der Waals surface area contributed by atoms with Gasteiger partial charge in [-0.1, -0.05) is 27.7 Å². The number of halogens is 12. The number of carbonyl (C=O) groups is 4. The van der Waals surface area contributed by atoms with Crippen molar-refractivity contribution in [1.82, 2.24) is 18.9 Å². The first-order valence-corrected chi connectivity index (χ1v) is 35.1. The summed E-state index contributed by atoms with van der Waals surface area (Å²) in [5, 5.41) is 9.89. The van der Waals surface area contributed by atoms with Crippen LogP contribution in [-0.4, -0.2) is 98.9 Å². The summed E-state index contributed by atoms with van der Waals surface area (Å²) < 4.78 is 187. The Balaban J connectivity index is 0.000000367. The predicted molar refractivity (Wildman–Crippen MR) is 385 cm³/mol. The summed E-state index contributed by atoms with van der Waals surface area (Å²) in [6.45, 7) is 18.7. The Labute approximate surface area is 635 Å². The average molecular weight is 1530 g/mol. The van der Waals surface area contributed by atoms with Crippen LogP contribution in [0.4, 0.5) is 52.7 Å². The van der Waals surface area contributed by atoms with Crippen LogP contribution in [-0.2, 0) is 49.1 Å². The standard InChI is InChI=1S/C40H46F6N2O4.C38H42F6N2O4.Li.H2O.2H2S/c1-6-52-35(51)18-27(37-38(42)29(25-8-9-25)19-30(39(37)43)36-23(4)15-28(41)16-24(36)5)17-33(49)32(14-22(2)3)48-21-26(10-13-47-11-7-12-47)31(20-34(48)50)40(44,45)46;1-20(2)12-30(46-19-24(8-11-45-9-5-10-45)29(18-32(46)48)38(42,43)44)31(47)15-25(16-33(49)50)35-36(40)27(23-6-7-23)17-28(37(35)41)34-21(3)13-26(39)14-22(34)4;;;;/h15-16,19-22,25,27,32H,6-14,17-18H2,1-5H3;13-14,17-20,23,25,30H,5-12,15-16H2,1-4H3,(H,49,50);;3*1H2/q;;+1;;;/p-1/t27-,32?;25-,30?;;;;/m00..../s1. The van der Waals surface area contributed by atoms with Gasteiger partial charge in [0.05, 0.1) is 42.7 Å². The number of carboxylic acid groups (broad SMARTS) is 1. The van der Waals surface area contributed by atoms with Gasteiger partial charge in [-0.2, -0.15) is 53.3 Å². The monoisotopic (exact) mass is 1530 g/mol. The number of aliphatic carboxylic acids is 1. The molecule has 2 N–H and O–H groups in total. The summed E-state index contributed by atoms with van der Waals surface area (Å²) in [7, 11) is 0. The topological polar surface area (TPSA) is 178 Å². The van der Waals surface area contributed by atoms with Crippen molar-refractivity contribution < 1.29 is 106 Å². The first-order chi connectivity index (χ1) is 47.9. The number of nitrogens with zero attached hydrogens (tertiary/aromatic N) is 4. The average Bonchev–Trinajstić information content (AvgIpc) is 1.32. The largest absolute Gasteiger partial charge is 1.00 e. The van der Waals surface area contributed by atoms with Gasteiger partial charge in [-0.15, -0.1) is 0 Å². The molecular formula is C78H93F12LiN4O9S2. The van der Waals surface area contributed by atoms with Gasteiger partial charge < -0.3 is 34.3 Å². The van der Waals surface area contributed by atoms with E-state index in [9.17, 15) is 69.0 Å². The van der Waals surface area contributed by atoms with E-state index in [1.54, 1.807) is 62.3 Å². The molecule has 0 radical (unpaired) electrons. The number of aromatic nitrogens is 2. The van der Waals surface area contributed by atoms with Crippen molar-refractivity contribution in [2.75, 3.05) is 45.9 Å². The fourth-order valence-electron chi connectivity index (χ4n) is 14.5. The van der Waals surface area contributed by atoms with E-state index in [0.29, 0.717) is 84.3 Å². The zero-order valence-electron chi connectivity index (χ0n) is 61.3. The Hall–Kier alpha value is -6.60. The Morgan fingerprint density at radius 2 is 0.868 bits per heavy atom. The Morgan fingerprint density at radius 3 is 1.15 bits per heavy atom. The van der Waals surface area contributed by atoms with Crippen LogP contribution in [0.25, 0.3) is 22.3 Å². The number of ketones is 2. The van der Waals surface area contributed by atoms with Gasteiger partial charge in [0.15, 0.2) is 11.6 Å². The third-order valence-corrected chi connectivity index (χ3v) is 20.0. The number of hydrogen-bond acceptors (Lipinski definition) is 10. The van der Waals surface area contributed by atoms with E-state index in [4.69, 9.17) is 4.74 Å². The van der Waals surface area contributed by atoms with E-state index in [1.807, 2.05) is 9.80 Å². The molecule has 4 heterocycles. The summed E-state index contributed by atoms with van der Waals surface area (Å²) >= 11 is 0. The third kappa shape index (κ3) is 21.7. The van der Waals surface area contributed by atoms with E-state index in [-0.39, 0.29) is 141 Å². The molecule has 0 bridgehead atoms. The fourth-order valence-corrected chi connectivity index (χ4v) is 14.5. The van der Waals surface area contributed by atoms with Crippen LogP contribution in [0.5, 0.6) is 0 Å². The van der Waals surface area contributed by atoms with Crippen LogP contribution in [0.1, 0.15) is 214 Å². The minimum absolute atomic E-state index is 0. The Kier molecular flexibility index (Phi) is 32.0. The maximum absolute atomic E-state index is 16.9. The maximum Gasteiger partial charge on any atom is 1.00 e.